The van der Waals surface area contributed by atoms with E-state index >= 15 is 0 Å². The normalized spacial score (nSPS) is 31.6. The predicted molar refractivity (Wildman–Crippen MR) is 200 cm³/mol. The summed E-state index contributed by atoms with van der Waals surface area (Å²) in [6, 6.07) is 11.2. The number of nitrogens with zero attached hydrogens (tertiary/aromatic N) is 4. The highest BCUT2D eigenvalue weighted by Gasteiger charge is 2.46. The van der Waals surface area contributed by atoms with Gasteiger partial charge in [-0.3, -0.25) is 19.0 Å². The van der Waals surface area contributed by atoms with E-state index in [0.29, 0.717) is 36.2 Å². The standard InChI is InChI=1S/C38H48ClN5O8S/c1-22-14-31(45)33(46)34(50-3)27-10-7-25(27)17-44-20-38(13-5-6-23-15-26(39)9-11-29(23)38)21-52-32-12-8-24(16-30(32)44)35(47)41-53(49,19-22)42-36(48)28-18-43(2)40-37(28)51-4/h8-9,11-12,15-16,18,22,25,27,31,33-34,45-46H,5-7,10,13-14,17,19-21H2,1-4H3,(H,41,42,47,48,49)/t22-,25-,27+,31-,33+,34+,38-,53-/m0/s1. The number of methoxy groups -OCH3 is 2. The molecule has 2 aromatic carbocycles. The molecule has 13 nitrogen and oxygen atoms in total. The number of aryl methyl sites for hydroxylation is 2. The first-order valence-corrected chi connectivity index (χ1v) is 20.3. The molecule has 3 aromatic rings. The van der Waals surface area contributed by atoms with Gasteiger partial charge in [0.25, 0.3) is 11.8 Å². The van der Waals surface area contributed by atoms with Crippen LogP contribution in [0.2, 0.25) is 5.02 Å². The highest BCUT2D eigenvalue weighted by atomic mass is 35.5. The van der Waals surface area contributed by atoms with Crippen molar-refractivity contribution < 1.29 is 38.2 Å². The van der Waals surface area contributed by atoms with E-state index in [1.54, 1.807) is 39.3 Å². The number of fused-ring (bicyclic) bond motifs is 4. The molecular weight excluding hydrogens is 722 g/mol. The summed E-state index contributed by atoms with van der Waals surface area (Å²) < 4.78 is 40.5. The first kappa shape index (κ1) is 37.6. The summed E-state index contributed by atoms with van der Waals surface area (Å²) in [6.45, 7) is 3.36. The molecule has 0 radical (unpaired) electrons. The molecule has 3 N–H and O–H groups in total. The Bertz CT molecular complexity index is 2020. The van der Waals surface area contributed by atoms with Crippen LogP contribution in [0.4, 0.5) is 5.69 Å². The number of carbonyl (C=O) groups excluding carboxylic acids is 2. The largest absolute Gasteiger partial charge is 0.490 e. The van der Waals surface area contributed by atoms with E-state index in [2.05, 4.69) is 25.1 Å². The molecule has 2 aliphatic heterocycles. The molecule has 53 heavy (non-hydrogen) atoms. The lowest BCUT2D eigenvalue weighted by molar-refractivity contribution is -0.127. The van der Waals surface area contributed by atoms with Crippen LogP contribution in [0.3, 0.4) is 0 Å². The maximum atomic E-state index is 14.6. The van der Waals surface area contributed by atoms with E-state index in [1.165, 1.54) is 29.1 Å². The first-order valence-electron chi connectivity index (χ1n) is 18.2. The van der Waals surface area contributed by atoms with Gasteiger partial charge in [-0.15, -0.1) is 9.46 Å². The number of hydrogen-bond acceptors (Lipinski definition) is 10. The lowest BCUT2D eigenvalue weighted by atomic mass is 9.67. The lowest BCUT2D eigenvalue weighted by Crippen LogP contribution is -2.53. The number of aliphatic hydroxyl groups excluding tert-OH is 2. The fraction of sp³-hybridized carbons (Fsp3) is 0.553. The van der Waals surface area contributed by atoms with Crippen molar-refractivity contribution in [3.63, 3.8) is 0 Å². The van der Waals surface area contributed by atoms with Crippen LogP contribution in [0.5, 0.6) is 11.6 Å². The summed E-state index contributed by atoms with van der Waals surface area (Å²) in [5.41, 5.74) is 2.97. The van der Waals surface area contributed by atoms with Gasteiger partial charge in [0.1, 0.15) is 27.3 Å². The number of hydrogen-bond donors (Lipinski definition) is 3. The second-order valence-corrected chi connectivity index (χ2v) is 17.7. The molecular formula is C38H48ClN5O8S. The van der Waals surface area contributed by atoms with Gasteiger partial charge in [-0.25, -0.2) is 4.21 Å². The Morgan fingerprint density at radius 3 is 2.72 bits per heavy atom. The van der Waals surface area contributed by atoms with Gasteiger partial charge in [0.05, 0.1) is 37.4 Å². The van der Waals surface area contributed by atoms with Crippen molar-refractivity contribution in [3.8, 4) is 11.6 Å². The fourth-order valence-electron chi connectivity index (χ4n) is 8.84. The Kier molecular flexibility index (Phi) is 10.5. The Labute approximate surface area is 315 Å². The van der Waals surface area contributed by atoms with Gasteiger partial charge in [0.2, 0.25) is 5.88 Å². The average Bonchev–Trinajstić information content (AvgIpc) is 3.43. The van der Waals surface area contributed by atoms with Crippen molar-refractivity contribution in [2.45, 2.75) is 69.2 Å². The average molecular weight is 770 g/mol. The van der Waals surface area contributed by atoms with Gasteiger partial charge >= 0.3 is 0 Å². The topological polar surface area (TPSA) is 165 Å². The molecule has 0 saturated heterocycles. The second kappa shape index (κ2) is 14.9. The zero-order chi connectivity index (χ0) is 37.7. The van der Waals surface area contributed by atoms with Crippen molar-refractivity contribution >= 4 is 39.0 Å². The third-order valence-electron chi connectivity index (χ3n) is 11.5. The molecule has 1 saturated carbocycles. The zero-order valence-electron chi connectivity index (χ0n) is 30.5. The van der Waals surface area contributed by atoms with E-state index in [9.17, 15) is 24.0 Å². The third kappa shape index (κ3) is 7.40. The molecule has 15 heteroatoms. The summed E-state index contributed by atoms with van der Waals surface area (Å²) in [6.07, 6.45) is 2.88. The van der Waals surface area contributed by atoms with Crippen molar-refractivity contribution in [1.29, 1.82) is 0 Å². The highest BCUT2D eigenvalue weighted by Crippen LogP contribution is 2.47. The molecule has 1 spiro atoms. The van der Waals surface area contributed by atoms with Crippen LogP contribution >= 0.6 is 11.6 Å². The van der Waals surface area contributed by atoms with Crippen LogP contribution in [0.15, 0.2) is 47.0 Å². The maximum absolute atomic E-state index is 14.6. The number of anilines is 1. The minimum atomic E-state index is -3.79. The van der Waals surface area contributed by atoms with Crippen LogP contribution in [0.1, 0.15) is 70.9 Å². The zero-order valence-corrected chi connectivity index (χ0v) is 32.1. The Morgan fingerprint density at radius 2 is 1.98 bits per heavy atom. The van der Waals surface area contributed by atoms with Crippen LogP contribution in [0.25, 0.3) is 0 Å². The fourth-order valence-corrected chi connectivity index (χ4v) is 10.9. The molecule has 3 heterocycles. The van der Waals surface area contributed by atoms with Crippen LogP contribution in [-0.2, 0) is 33.5 Å². The smallest absolute Gasteiger partial charge is 0.286 e. The molecule has 286 valence electrons. The Balaban J connectivity index is 1.32. The van der Waals surface area contributed by atoms with Crippen molar-refractivity contribution in [3.05, 3.63) is 69.9 Å². The number of carbonyl (C=O) groups is 2. The second-order valence-electron chi connectivity index (χ2n) is 15.2. The summed E-state index contributed by atoms with van der Waals surface area (Å²) in [5.74, 6) is -1.64. The van der Waals surface area contributed by atoms with E-state index in [1.807, 2.05) is 12.1 Å². The number of amides is 2. The van der Waals surface area contributed by atoms with Gasteiger partial charge < -0.3 is 29.3 Å². The van der Waals surface area contributed by atoms with Gasteiger partial charge in [-0.1, -0.05) is 24.6 Å². The lowest BCUT2D eigenvalue weighted by Gasteiger charge is -2.47. The number of aliphatic hydroxyl groups is 2. The molecule has 1 fully saturated rings. The molecule has 8 atom stereocenters. The summed E-state index contributed by atoms with van der Waals surface area (Å²) in [4.78, 5) is 29.8. The molecule has 2 bridgehead atoms. The van der Waals surface area contributed by atoms with E-state index in [4.69, 9.17) is 25.8 Å². The summed E-state index contributed by atoms with van der Waals surface area (Å²) >= 11 is 6.44. The summed E-state index contributed by atoms with van der Waals surface area (Å²) in [7, 11) is 0.738. The van der Waals surface area contributed by atoms with Crippen LogP contribution in [-0.4, -0.2) is 94.0 Å². The van der Waals surface area contributed by atoms with Crippen molar-refractivity contribution in [1.82, 2.24) is 14.5 Å². The monoisotopic (exact) mass is 769 g/mol. The van der Waals surface area contributed by atoms with Gasteiger partial charge in [-0.2, -0.15) is 0 Å². The number of halogens is 1. The van der Waals surface area contributed by atoms with Gasteiger partial charge in [-0.05, 0) is 97.7 Å². The maximum Gasteiger partial charge on any atom is 0.286 e. The van der Waals surface area contributed by atoms with Crippen LogP contribution < -0.4 is 19.1 Å². The first-order chi connectivity index (χ1) is 25.3. The molecule has 4 aliphatic rings. The number of nitrogens with one attached hydrogen (secondary N) is 1. The Morgan fingerprint density at radius 1 is 1.17 bits per heavy atom. The quantitative estimate of drug-likeness (QED) is 0.349. The minimum Gasteiger partial charge on any atom is -0.490 e. The molecule has 2 amide bonds. The van der Waals surface area contributed by atoms with Crippen molar-refractivity contribution in [2.75, 3.05) is 44.6 Å². The van der Waals surface area contributed by atoms with E-state index in [0.717, 1.165) is 32.1 Å². The molecule has 0 unspecified atom stereocenters. The SMILES string of the molecule is COc1nn(C)cc1C(=O)N[S@@]1(=O)=NC(=O)c2ccc3c(c2)N(C[C@@H]2CC[C@H]2[C@@H](OC)[C@H](O)[C@@H](O)C[C@H](C)C1)C[C@@]1(CCCc2cc(Cl)ccc21)CO3. The number of benzene rings is 2. The number of ether oxygens (including phenoxy) is 3. The minimum absolute atomic E-state index is 0.0198. The predicted octanol–water partition coefficient (Wildman–Crippen LogP) is 4.31. The van der Waals surface area contributed by atoms with Gasteiger partial charge in [0, 0.05) is 49.4 Å². The third-order valence-corrected chi connectivity index (χ3v) is 13.7. The molecule has 1 aromatic heterocycles. The number of aromatic nitrogens is 2. The van der Waals surface area contributed by atoms with E-state index < -0.39 is 46.0 Å². The van der Waals surface area contributed by atoms with Crippen molar-refractivity contribution in [2.24, 2.45) is 29.2 Å². The summed E-state index contributed by atoms with van der Waals surface area (Å²) in [5, 5.41) is 27.7. The highest BCUT2D eigenvalue weighted by molar-refractivity contribution is 7.92. The molecule has 2 aliphatic carbocycles. The van der Waals surface area contributed by atoms with Gasteiger partial charge in [0.15, 0.2) is 0 Å². The van der Waals surface area contributed by atoms with E-state index in [-0.39, 0.29) is 46.4 Å². The Hall–Kier alpha value is -3.69. The van der Waals surface area contributed by atoms with Crippen LogP contribution in [0, 0.1) is 17.8 Å². The number of rotatable bonds is 4. The molecule has 7 rings (SSSR count).